The van der Waals surface area contributed by atoms with Gasteiger partial charge < -0.3 is 15.4 Å². The molecule has 1 aromatic heterocycles. The van der Waals surface area contributed by atoms with Crippen molar-refractivity contribution >= 4 is 40.8 Å². The van der Waals surface area contributed by atoms with Crippen LogP contribution >= 0.6 is 11.6 Å². The van der Waals surface area contributed by atoms with Crippen LogP contribution in [0.15, 0.2) is 18.2 Å². The van der Waals surface area contributed by atoms with E-state index in [-0.39, 0.29) is 12.3 Å². The molecule has 0 atom stereocenters. The summed E-state index contributed by atoms with van der Waals surface area (Å²) in [5, 5.41) is 12.5. The normalized spacial score (nSPS) is 17.1. The van der Waals surface area contributed by atoms with Crippen LogP contribution in [0.4, 0.5) is 5.69 Å². The second kappa shape index (κ2) is 6.65. The first kappa shape index (κ1) is 16.9. The van der Waals surface area contributed by atoms with Crippen LogP contribution in [0.1, 0.15) is 47.3 Å². The number of benzene rings is 1. The number of fused-ring (bicyclic) bond motifs is 2. The average Bonchev–Trinajstić information content (AvgIpc) is 3.11. The maximum atomic E-state index is 12.4. The highest BCUT2D eigenvalue weighted by atomic mass is 35.5. The number of H-pyrrole nitrogens is 1. The number of aryl methyl sites for hydroxylation is 1. The van der Waals surface area contributed by atoms with Gasteiger partial charge in [-0.05, 0) is 67.5 Å². The molecular weight excluding hydrogens is 352 g/mol. The van der Waals surface area contributed by atoms with Gasteiger partial charge in [0.1, 0.15) is 0 Å². The van der Waals surface area contributed by atoms with Gasteiger partial charge in [-0.1, -0.05) is 11.6 Å². The number of nitrogens with one attached hydrogen (secondary N) is 2. The number of carbonyl (C=O) groups is 2. The van der Waals surface area contributed by atoms with E-state index in [1.54, 1.807) is 18.2 Å². The molecule has 5 nitrogen and oxygen atoms in total. The lowest BCUT2D eigenvalue weighted by atomic mass is 9.92. The monoisotopic (exact) mass is 370 g/mol. The minimum Gasteiger partial charge on any atom is -0.481 e. The third-order valence-electron chi connectivity index (χ3n) is 5.08. The first-order valence-electron chi connectivity index (χ1n) is 8.80. The molecule has 0 fully saturated rings. The van der Waals surface area contributed by atoms with E-state index in [1.165, 1.54) is 11.3 Å². The van der Waals surface area contributed by atoms with Crippen molar-refractivity contribution < 1.29 is 14.7 Å². The van der Waals surface area contributed by atoms with Crippen molar-refractivity contribution in [3.05, 3.63) is 51.3 Å². The number of rotatable bonds is 4. The molecule has 3 N–H and O–H groups in total. The molecule has 6 heteroatoms. The third-order valence-corrected chi connectivity index (χ3v) is 5.32. The second-order valence-electron chi connectivity index (χ2n) is 6.78. The molecule has 0 saturated carbocycles. The van der Waals surface area contributed by atoms with E-state index in [9.17, 15) is 9.59 Å². The van der Waals surface area contributed by atoms with Crippen LogP contribution < -0.4 is 5.32 Å². The van der Waals surface area contributed by atoms with E-state index < -0.39 is 5.97 Å². The molecule has 0 bridgehead atoms. The van der Waals surface area contributed by atoms with E-state index in [2.05, 4.69) is 10.3 Å². The summed E-state index contributed by atoms with van der Waals surface area (Å²) >= 11 is 6.10. The number of hydrogen-bond acceptors (Lipinski definition) is 2. The summed E-state index contributed by atoms with van der Waals surface area (Å²) in [6.45, 7) is 0. The fourth-order valence-corrected chi connectivity index (χ4v) is 4.04. The number of amides is 1. The summed E-state index contributed by atoms with van der Waals surface area (Å²) in [5.74, 6) is -0.982. The molecule has 2 aliphatic rings. The maximum Gasteiger partial charge on any atom is 0.303 e. The topological polar surface area (TPSA) is 82.2 Å². The highest BCUT2D eigenvalue weighted by Gasteiger charge is 2.26. The number of carboxylic acid groups (broad SMARTS) is 1. The van der Waals surface area contributed by atoms with Gasteiger partial charge in [0.15, 0.2) is 0 Å². The summed E-state index contributed by atoms with van der Waals surface area (Å²) < 4.78 is 0. The molecule has 0 radical (unpaired) electrons. The Bertz CT molecular complexity index is 943. The minimum atomic E-state index is -0.815. The number of aliphatic carboxylic acids is 1. The van der Waals surface area contributed by atoms with E-state index in [1.807, 2.05) is 6.08 Å². The first-order valence-corrected chi connectivity index (χ1v) is 9.18. The summed E-state index contributed by atoms with van der Waals surface area (Å²) in [6.07, 6.45) is 6.54. The van der Waals surface area contributed by atoms with Crippen LogP contribution in [-0.2, 0) is 28.9 Å². The van der Waals surface area contributed by atoms with Crippen molar-refractivity contribution in [3.8, 4) is 0 Å². The zero-order chi connectivity index (χ0) is 18.3. The van der Waals surface area contributed by atoms with Gasteiger partial charge in [-0.2, -0.15) is 0 Å². The van der Waals surface area contributed by atoms with Crippen molar-refractivity contribution in [1.29, 1.82) is 0 Å². The smallest absolute Gasteiger partial charge is 0.303 e. The molecule has 0 unspecified atom stereocenters. The number of aromatic amines is 1. The Balaban J connectivity index is 1.80. The molecule has 1 amide bonds. The van der Waals surface area contributed by atoms with Gasteiger partial charge in [-0.15, -0.1) is 0 Å². The average molecular weight is 371 g/mol. The highest BCUT2D eigenvalue weighted by molar-refractivity contribution is 6.36. The zero-order valence-electron chi connectivity index (χ0n) is 14.2. The van der Waals surface area contributed by atoms with E-state index in [4.69, 9.17) is 16.7 Å². The zero-order valence-corrected chi connectivity index (χ0v) is 14.9. The van der Waals surface area contributed by atoms with E-state index in [0.29, 0.717) is 17.0 Å². The Hall–Kier alpha value is -2.53. The molecule has 4 rings (SSSR count). The van der Waals surface area contributed by atoms with Crippen molar-refractivity contribution in [2.24, 2.45) is 0 Å². The number of carbonyl (C=O) groups excluding carboxylic acids is 1. The Morgan fingerprint density at radius 3 is 2.88 bits per heavy atom. The second-order valence-corrected chi connectivity index (χ2v) is 7.21. The van der Waals surface area contributed by atoms with Crippen molar-refractivity contribution in [2.75, 3.05) is 5.32 Å². The van der Waals surface area contributed by atoms with Crippen molar-refractivity contribution in [2.45, 2.75) is 38.5 Å². The molecular formula is C20H19ClN2O3. The largest absolute Gasteiger partial charge is 0.481 e. The molecule has 1 aliphatic carbocycles. The van der Waals surface area contributed by atoms with Gasteiger partial charge in [-0.3, -0.25) is 9.59 Å². The lowest BCUT2D eigenvalue weighted by Crippen LogP contribution is -2.05. The van der Waals surface area contributed by atoms with Crippen LogP contribution in [0, 0.1) is 0 Å². The van der Waals surface area contributed by atoms with Gasteiger partial charge in [0.2, 0.25) is 0 Å². The van der Waals surface area contributed by atoms with E-state index >= 15 is 0 Å². The maximum absolute atomic E-state index is 12.4. The lowest BCUT2D eigenvalue weighted by Gasteiger charge is -2.12. The van der Waals surface area contributed by atoms with Gasteiger partial charge in [0, 0.05) is 34.1 Å². The molecule has 2 aromatic rings. The fourth-order valence-electron chi connectivity index (χ4n) is 3.87. The quantitative estimate of drug-likeness (QED) is 0.710. The summed E-state index contributed by atoms with van der Waals surface area (Å²) in [6, 6.07) is 5.32. The van der Waals surface area contributed by atoms with Gasteiger partial charge >= 0.3 is 5.97 Å². The molecule has 134 valence electrons. The van der Waals surface area contributed by atoms with Crippen LogP contribution in [0.3, 0.4) is 0 Å². The number of halogens is 1. The molecule has 0 saturated heterocycles. The molecule has 26 heavy (non-hydrogen) atoms. The molecule has 2 heterocycles. The van der Waals surface area contributed by atoms with Gasteiger partial charge in [0.25, 0.3) is 5.91 Å². The first-order chi connectivity index (χ1) is 12.5. The van der Waals surface area contributed by atoms with E-state index in [0.717, 1.165) is 48.2 Å². The van der Waals surface area contributed by atoms with Gasteiger partial charge in [-0.25, -0.2) is 0 Å². The SMILES string of the molecule is O=C(O)CCc1c(C=C2C(=O)Nc3ccc(Cl)cc32)[nH]c2c1CCCC2. The standard InChI is InChI=1S/C20H19ClN2O3/c21-11-5-7-17-14(9-11)15(20(26)23-17)10-18-13(6-8-19(24)25)12-3-1-2-4-16(12)22-18/h5,7,9-10,22H,1-4,6,8H2,(H,23,26)(H,24,25). The third kappa shape index (κ3) is 3.03. The summed E-state index contributed by atoms with van der Waals surface area (Å²) in [5.41, 5.74) is 6.35. The van der Waals surface area contributed by atoms with Crippen molar-refractivity contribution in [3.63, 3.8) is 0 Å². The van der Waals surface area contributed by atoms with Crippen LogP contribution in [-0.4, -0.2) is 22.0 Å². The Morgan fingerprint density at radius 2 is 2.08 bits per heavy atom. The van der Waals surface area contributed by atoms with Crippen LogP contribution in [0.5, 0.6) is 0 Å². The highest BCUT2D eigenvalue weighted by Crippen LogP contribution is 2.36. The minimum absolute atomic E-state index is 0.0785. The predicted molar refractivity (Wildman–Crippen MR) is 101 cm³/mol. The number of aromatic nitrogens is 1. The summed E-state index contributed by atoms with van der Waals surface area (Å²) in [7, 11) is 0. The number of anilines is 1. The molecule has 1 aliphatic heterocycles. The van der Waals surface area contributed by atoms with Crippen molar-refractivity contribution in [1.82, 2.24) is 4.98 Å². The van der Waals surface area contributed by atoms with Crippen LogP contribution in [0.25, 0.3) is 11.6 Å². The summed E-state index contributed by atoms with van der Waals surface area (Å²) in [4.78, 5) is 26.9. The number of hydrogen-bond donors (Lipinski definition) is 3. The molecule has 1 aromatic carbocycles. The Labute approximate surface area is 156 Å². The fraction of sp³-hybridized carbons (Fsp3) is 0.300. The predicted octanol–water partition coefficient (Wildman–Crippen LogP) is 4.06. The Kier molecular flexibility index (Phi) is 4.32. The number of carboxylic acids is 1. The lowest BCUT2D eigenvalue weighted by molar-refractivity contribution is -0.137. The molecule has 0 spiro atoms. The van der Waals surface area contributed by atoms with Gasteiger partial charge in [0.05, 0.1) is 5.57 Å². The Morgan fingerprint density at radius 1 is 1.27 bits per heavy atom. The van der Waals surface area contributed by atoms with Crippen LogP contribution in [0.2, 0.25) is 5.02 Å².